The Morgan fingerprint density at radius 2 is 1.89 bits per heavy atom. The average molecular weight is 241 g/mol. The molecule has 2 aromatic rings. The summed E-state index contributed by atoms with van der Waals surface area (Å²) in [6.45, 7) is 2.61. The molecule has 0 radical (unpaired) electrons. The molecule has 0 spiro atoms. The maximum Gasteiger partial charge on any atom is 0.0775 e. The molecule has 3 nitrogen and oxygen atoms in total. The molecule has 0 aliphatic rings. The Labute approximate surface area is 108 Å². The van der Waals surface area contributed by atoms with Crippen LogP contribution >= 0.6 is 0 Å². The van der Waals surface area contributed by atoms with Gasteiger partial charge in [-0.25, -0.2) is 0 Å². The Balaban J connectivity index is 2.31. The molecule has 0 amide bonds. The lowest BCUT2D eigenvalue weighted by atomic mass is 10.1. The Hall–Kier alpha value is -1.87. The van der Waals surface area contributed by atoms with E-state index in [-0.39, 0.29) is 0 Å². The molecule has 0 atom stereocenters. The minimum Gasteiger partial charge on any atom is -0.343 e. The normalized spacial score (nSPS) is 10.4. The number of anilines is 2. The van der Waals surface area contributed by atoms with Crippen molar-refractivity contribution >= 4 is 11.4 Å². The van der Waals surface area contributed by atoms with Gasteiger partial charge in [-0.2, -0.15) is 0 Å². The monoisotopic (exact) mass is 241 g/mol. The standard InChI is InChI=1S/C15H19N3/c1-3-12-6-8-13(9-7-12)18(2)15-5-4-10-17-14(15)11-16/h4-10H,3,11,16H2,1-2H3. The number of hydrogen-bond donors (Lipinski definition) is 1. The second-order valence-corrected chi connectivity index (χ2v) is 4.25. The predicted octanol–water partition coefficient (Wildman–Crippen LogP) is 2.87. The second kappa shape index (κ2) is 5.65. The van der Waals surface area contributed by atoms with Crippen molar-refractivity contribution in [2.45, 2.75) is 19.9 Å². The first-order valence-corrected chi connectivity index (χ1v) is 6.23. The molecule has 2 N–H and O–H groups in total. The average Bonchev–Trinajstić information content (AvgIpc) is 2.46. The van der Waals surface area contributed by atoms with Crippen LogP contribution in [-0.4, -0.2) is 12.0 Å². The van der Waals surface area contributed by atoms with E-state index in [1.165, 1.54) is 5.56 Å². The number of aryl methyl sites for hydroxylation is 1. The molecule has 0 saturated carbocycles. The molecular formula is C15H19N3. The summed E-state index contributed by atoms with van der Waals surface area (Å²) in [5.74, 6) is 0. The molecular weight excluding hydrogens is 222 g/mol. The predicted molar refractivity (Wildman–Crippen MR) is 76.0 cm³/mol. The summed E-state index contributed by atoms with van der Waals surface area (Å²) >= 11 is 0. The fourth-order valence-electron chi connectivity index (χ4n) is 1.99. The number of nitrogens with zero attached hydrogens (tertiary/aromatic N) is 2. The van der Waals surface area contributed by atoms with Crippen LogP contribution in [-0.2, 0) is 13.0 Å². The summed E-state index contributed by atoms with van der Waals surface area (Å²) in [7, 11) is 2.04. The first-order chi connectivity index (χ1) is 8.76. The minimum absolute atomic E-state index is 0.452. The van der Waals surface area contributed by atoms with Gasteiger partial charge in [0.2, 0.25) is 0 Å². The summed E-state index contributed by atoms with van der Waals surface area (Å²) in [6, 6.07) is 12.6. The summed E-state index contributed by atoms with van der Waals surface area (Å²) in [6.07, 6.45) is 2.84. The van der Waals surface area contributed by atoms with Crippen LogP contribution in [0.15, 0.2) is 42.6 Å². The molecule has 94 valence electrons. The third kappa shape index (κ3) is 2.51. The van der Waals surface area contributed by atoms with Crippen molar-refractivity contribution in [3.63, 3.8) is 0 Å². The molecule has 18 heavy (non-hydrogen) atoms. The van der Waals surface area contributed by atoms with Crippen LogP contribution in [0.1, 0.15) is 18.2 Å². The van der Waals surface area contributed by atoms with Gasteiger partial charge in [-0.3, -0.25) is 4.98 Å². The van der Waals surface area contributed by atoms with Crippen LogP contribution < -0.4 is 10.6 Å². The molecule has 1 heterocycles. The summed E-state index contributed by atoms with van der Waals surface area (Å²) in [5.41, 5.74) is 10.2. The zero-order chi connectivity index (χ0) is 13.0. The Kier molecular flexibility index (Phi) is 3.95. The number of benzene rings is 1. The van der Waals surface area contributed by atoms with Crippen LogP contribution in [0.25, 0.3) is 0 Å². The number of rotatable bonds is 4. The van der Waals surface area contributed by atoms with E-state index in [0.29, 0.717) is 6.54 Å². The van der Waals surface area contributed by atoms with E-state index in [4.69, 9.17) is 5.73 Å². The highest BCUT2D eigenvalue weighted by molar-refractivity contribution is 5.64. The summed E-state index contributed by atoms with van der Waals surface area (Å²) in [5, 5.41) is 0. The van der Waals surface area contributed by atoms with Crippen LogP contribution in [0.5, 0.6) is 0 Å². The minimum atomic E-state index is 0.452. The van der Waals surface area contributed by atoms with E-state index in [1.54, 1.807) is 6.20 Å². The molecule has 0 bridgehead atoms. The van der Waals surface area contributed by atoms with E-state index >= 15 is 0 Å². The van der Waals surface area contributed by atoms with Gasteiger partial charge in [-0.05, 0) is 36.2 Å². The third-order valence-corrected chi connectivity index (χ3v) is 3.15. The first-order valence-electron chi connectivity index (χ1n) is 6.23. The van der Waals surface area contributed by atoms with Crippen molar-refractivity contribution in [3.05, 3.63) is 53.9 Å². The first kappa shape index (κ1) is 12.6. The molecule has 1 aromatic heterocycles. The number of pyridine rings is 1. The van der Waals surface area contributed by atoms with E-state index in [1.807, 2.05) is 19.2 Å². The lowest BCUT2D eigenvalue weighted by Gasteiger charge is -2.21. The van der Waals surface area contributed by atoms with Crippen LogP contribution in [0.2, 0.25) is 0 Å². The SMILES string of the molecule is CCc1ccc(N(C)c2cccnc2CN)cc1. The highest BCUT2D eigenvalue weighted by Gasteiger charge is 2.08. The molecule has 3 heteroatoms. The van der Waals surface area contributed by atoms with Gasteiger partial charge in [0.1, 0.15) is 0 Å². The van der Waals surface area contributed by atoms with Crippen molar-refractivity contribution < 1.29 is 0 Å². The highest BCUT2D eigenvalue weighted by atomic mass is 15.1. The van der Waals surface area contributed by atoms with Gasteiger partial charge in [-0.1, -0.05) is 19.1 Å². The molecule has 1 aromatic carbocycles. The number of aromatic nitrogens is 1. The zero-order valence-electron chi connectivity index (χ0n) is 10.9. The largest absolute Gasteiger partial charge is 0.343 e. The quantitative estimate of drug-likeness (QED) is 0.895. The van der Waals surface area contributed by atoms with Gasteiger partial charge in [0, 0.05) is 25.5 Å². The number of hydrogen-bond acceptors (Lipinski definition) is 3. The van der Waals surface area contributed by atoms with Crippen molar-refractivity contribution in [2.24, 2.45) is 5.73 Å². The molecule has 0 saturated heterocycles. The van der Waals surface area contributed by atoms with Gasteiger partial charge < -0.3 is 10.6 Å². The molecule has 2 rings (SSSR count). The second-order valence-electron chi connectivity index (χ2n) is 4.25. The van der Waals surface area contributed by atoms with Crippen molar-refractivity contribution in [1.82, 2.24) is 4.98 Å². The zero-order valence-corrected chi connectivity index (χ0v) is 10.9. The molecule has 0 aliphatic heterocycles. The molecule has 0 aliphatic carbocycles. The Morgan fingerprint density at radius 3 is 2.50 bits per heavy atom. The van der Waals surface area contributed by atoms with E-state index in [9.17, 15) is 0 Å². The van der Waals surface area contributed by atoms with Crippen molar-refractivity contribution in [1.29, 1.82) is 0 Å². The third-order valence-electron chi connectivity index (χ3n) is 3.15. The fraction of sp³-hybridized carbons (Fsp3) is 0.267. The van der Waals surface area contributed by atoms with Gasteiger partial charge in [0.25, 0.3) is 0 Å². The van der Waals surface area contributed by atoms with E-state index < -0.39 is 0 Å². The van der Waals surface area contributed by atoms with E-state index in [0.717, 1.165) is 23.5 Å². The topological polar surface area (TPSA) is 42.2 Å². The lowest BCUT2D eigenvalue weighted by Crippen LogP contribution is -2.14. The molecule has 0 fully saturated rings. The maximum atomic E-state index is 5.72. The van der Waals surface area contributed by atoms with Crippen molar-refractivity contribution in [3.8, 4) is 0 Å². The van der Waals surface area contributed by atoms with Crippen LogP contribution in [0.4, 0.5) is 11.4 Å². The number of nitrogens with two attached hydrogens (primary N) is 1. The van der Waals surface area contributed by atoms with Gasteiger partial charge >= 0.3 is 0 Å². The van der Waals surface area contributed by atoms with Crippen LogP contribution in [0.3, 0.4) is 0 Å². The van der Waals surface area contributed by atoms with E-state index in [2.05, 4.69) is 41.1 Å². The molecule has 0 unspecified atom stereocenters. The fourth-order valence-corrected chi connectivity index (χ4v) is 1.99. The maximum absolute atomic E-state index is 5.72. The highest BCUT2D eigenvalue weighted by Crippen LogP contribution is 2.25. The summed E-state index contributed by atoms with van der Waals surface area (Å²) in [4.78, 5) is 6.43. The van der Waals surface area contributed by atoms with Gasteiger partial charge in [0.15, 0.2) is 0 Å². The Bertz CT molecular complexity index is 505. The van der Waals surface area contributed by atoms with Gasteiger partial charge in [0.05, 0.1) is 11.4 Å². The Morgan fingerprint density at radius 1 is 1.17 bits per heavy atom. The van der Waals surface area contributed by atoms with Crippen LogP contribution in [0, 0.1) is 0 Å². The van der Waals surface area contributed by atoms with Crippen molar-refractivity contribution in [2.75, 3.05) is 11.9 Å². The summed E-state index contributed by atoms with van der Waals surface area (Å²) < 4.78 is 0. The smallest absolute Gasteiger partial charge is 0.0775 e. The lowest BCUT2D eigenvalue weighted by molar-refractivity contribution is 0.973. The van der Waals surface area contributed by atoms with Gasteiger partial charge in [-0.15, -0.1) is 0 Å².